The first-order valence-corrected chi connectivity index (χ1v) is 5.33. The zero-order valence-corrected chi connectivity index (χ0v) is 9.74. The molecular weight excluding hydrogens is 204 g/mol. The minimum absolute atomic E-state index is 0.147. The maximum Gasteiger partial charge on any atom is 0.271 e. The van der Waals surface area contributed by atoms with E-state index in [1.807, 2.05) is 0 Å². The molecule has 5 heteroatoms. The third-order valence-corrected chi connectivity index (χ3v) is 2.96. The van der Waals surface area contributed by atoms with Crippen molar-refractivity contribution in [1.29, 1.82) is 0 Å². The maximum absolute atomic E-state index is 11.7. The Morgan fingerprint density at radius 2 is 2.12 bits per heavy atom. The number of carbonyl (C=O) groups excluding carboxylic acids is 1. The second-order valence-electron chi connectivity index (χ2n) is 4.76. The largest absolute Gasteiger partial charge is 0.372 e. The topological polar surface area (TPSA) is 66.9 Å². The van der Waals surface area contributed by atoms with Gasteiger partial charge in [0.25, 0.3) is 5.91 Å². The Hall–Kier alpha value is -1.65. The van der Waals surface area contributed by atoms with E-state index >= 15 is 0 Å². The predicted molar refractivity (Wildman–Crippen MR) is 61.2 cm³/mol. The summed E-state index contributed by atoms with van der Waals surface area (Å²) >= 11 is 0. The first-order chi connectivity index (χ1) is 7.53. The molecule has 0 spiro atoms. The number of nitrogens with one attached hydrogen (secondary N) is 2. The SMILES string of the molecule is CNc1cnc(C(=O)NC2CC2(C)C)cn1. The summed E-state index contributed by atoms with van der Waals surface area (Å²) in [4.78, 5) is 19.8. The Morgan fingerprint density at radius 3 is 2.56 bits per heavy atom. The Labute approximate surface area is 94.7 Å². The molecule has 16 heavy (non-hydrogen) atoms. The van der Waals surface area contributed by atoms with Gasteiger partial charge in [0.2, 0.25) is 0 Å². The quantitative estimate of drug-likeness (QED) is 0.799. The third kappa shape index (κ3) is 2.13. The minimum atomic E-state index is -0.147. The predicted octanol–water partition coefficient (Wildman–Crippen LogP) is 1.05. The summed E-state index contributed by atoms with van der Waals surface area (Å²) < 4.78 is 0. The fourth-order valence-corrected chi connectivity index (χ4v) is 1.52. The van der Waals surface area contributed by atoms with Gasteiger partial charge in [0, 0.05) is 13.1 Å². The van der Waals surface area contributed by atoms with Crippen LogP contribution >= 0.6 is 0 Å². The molecular formula is C11H16N4O. The standard InChI is InChI=1S/C11H16N4O/c1-11(2)4-8(11)15-10(16)7-5-14-9(12-3)6-13-7/h5-6,8H,4H2,1-3H3,(H,12,14)(H,15,16). The van der Waals surface area contributed by atoms with Crippen LogP contribution in [0.25, 0.3) is 0 Å². The molecule has 1 aliphatic rings. The number of hydrogen-bond acceptors (Lipinski definition) is 4. The van der Waals surface area contributed by atoms with E-state index in [9.17, 15) is 4.79 Å². The zero-order valence-electron chi connectivity index (χ0n) is 9.74. The van der Waals surface area contributed by atoms with E-state index in [0.717, 1.165) is 6.42 Å². The van der Waals surface area contributed by atoms with Crippen molar-refractivity contribution < 1.29 is 4.79 Å². The molecule has 2 N–H and O–H groups in total. The molecule has 0 bridgehead atoms. The van der Waals surface area contributed by atoms with E-state index in [0.29, 0.717) is 11.5 Å². The molecule has 1 unspecified atom stereocenters. The van der Waals surface area contributed by atoms with Crippen LogP contribution in [0.5, 0.6) is 0 Å². The Bertz CT molecular complexity index is 399. The van der Waals surface area contributed by atoms with E-state index in [1.165, 1.54) is 6.20 Å². The van der Waals surface area contributed by atoms with E-state index in [4.69, 9.17) is 0 Å². The zero-order chi connectivity index (χ0) is 11.8. The van der Waals surface area contributed by atoms with Gasteiger partial charge in [-0.15, -0.1) is 0 Å². The Morgan fingerprint density at radius 1 is 1.44 bits per heavy atom. The molecule has 1 fully saturated rings. The monoisotopic (exact) mass is 220 g/mol. The number of hydrogen-bond donors (Lipinski definition) is 2. The van der Waals surface area contributed by atoms with Crippen molar-refractivity contribution >= 4 is 11.7 Å². The van der Waals surface area contributed by atoms with E-state index < -0.39 is 0 Å². The second-order valence-corrected chi connectivity index (χ2v) is 4.76. The highest BCUT2D eigenvalue weighted by atomic mass is 16.2. The number of nitrogens with zero attached hydrogens (tertiary/aromatic N) is 2. The van der Waals surface area contributed by atoms with Crippen LogP contribution in [0.4, 0.5) is 5.82 Å². The van der Waals surface area contributed by atoms with Gasteiger partial charge in [0.15, 0.2) is 0 Å². The van der Waals surface area contributed by atoms with Crippen molar-refractivity contribution in [2.24, 2.45) is 5.41 Å². The summed E-state index contributed by atoms with van der Waals surface area (Å²) in [7, 11) is 1.76. The molecule has 1 heterocycles. The summed E-state index contributed by atoms with van der Waals surface area (Å²) in [5.74, 6) is 0.508. The summed E-state index contributed by atoms with van der Waals surface area (Å²) in [5.41, 5.74) is 0.593. The number of rotatable bonds is 3. The third-order valence-electron chi connectivity index (χ3n) is 2.96. The van der Waals surface area contributed by atoms with Gasteiger partial charge in [-0.05, 0) is 11.8 Å². The lowest BCUT2D eigenvalue weighted by Gasteiger charge is -2.06. The average molecular weight is 220 g/mol. The number of carbonyl (C=O) groups is 1. The molecule has 1 atom stereocenters. The van der Waals surface area contributed by atoms with Gasteiger partial charge in [-0.3, -0.25) is 4.79 Å². The van der Waals surface area contributed by atoms with Gasteiger partial charge >= 0.3 is 0 Å². The first kappa shape index (κ1) is 10.9. The molecule has 1 amide bonds. The van der Waals surface area contributed by atoms with Crippen LogP contribution in [0, 0.1) is 5.41 Å². The molecule has 0 aromatic carbocycles. The molecule has 1 aliphatic carbocycles. The van der Waals surface area contributed by atoms with E-state index in [-0.39, 0.29) is 17.4 Å². The Kier molecular flexibility index (Phi) is 2.53. The summed E-state index contributed by atoms with van der Waals surface area (Å²) in [6, 6.07) is 0.269. The van der Waals surface area contributed by atoms with E-state index in [1.54, 1.807) is 13.2 Å². The van der Waals surface area contributed by atoms with Gasteiger partial charge in [-0.25, -0.2) is 9.97 Å². The van der Waals surface area contributed by atoms with Crippen LogP contribution in [0.1, 0.15) is 30.8 Å². The molecule has 1 saturated carbocycles. The number of amides is 1. The van der Waals surface area contributed by atoms with Crippen LogP contribution < -0.4 is 10.6 Å². The average Bonchev–Trinajstić information content (AvgIpc) is 2.86. The maximum atomic E-state index is 11.7. The van der Waals surface area contributed by atoms with Crippen molar-refractivity contribution in [3.63, 3.8) is 0 Å². The Balaban J connectivity index is 1.99. The van der Waals surface area contributed by atoms with Crippen molar-refractivity contribution in [2.75, 3.05) is 12.4 Å². The van der Waals surface area contributed by atoms with Gasteiger partial charge in [-0.1, -0.05) is 13.8 Å². The highest BCUT2D eigenvalue weighted by Crippen LogP contribution is 2.44. The minimum Gasteiger partial charge on any atom is -0.372 e. The van der Waals surface area contributed by atoms with Crippen LogP contribution in [0.2, 0.25) is 0 Å². The van der Waals surface area contributed by atoms with Gasteiger partial charge < -0.3 is 10.6 Å². The van der Waals surface area contributed by atoms with Gasteiger partial charge in [0.05, 0.1) is 12.4 Å². The van der Waals surface area contributed by atoms with Crippen LogP contribution in [-0.4, -0.2) is 29.0 Å². The molecule has 0 aliphatic heterocycles. The van der Waals surface area contributed by atoms with Crippen molar-refractivity contribution in [2.45, 2.75) is 26.3 Å². The molecule has 0 radical (unpaired) electrons. The fourth-order valence-electron chi connectivity index (χ4n) is 1.52. The number of anilines is 1. The molecule has 0 saturated heterocycles. The van der Waals surface area contributed by atoms with Crippen LogP contribution in [0.15, 0.2) is 12.4 Å². The van der Waals surface area contributed by atoms with Crippen LogP contribution in [-0.2, 0) is 0 Å². The van der Waals surface area contributed by atoms with Crippen molar-refractivity contribution in [3.05, 3.63) is 18.1 Å². The molecule has 86 valence electrons. The van der Waals surface area contributed by atoms with Gasteiger partial charge in [-0.2, -0.15) is 0 Å². The number of aromatic nitrogens is 2. The summed E-state index contributed by atoms with van der Waals surface area (Å²) in [6.45, 7) is 4.27. The fraction of sp³-hybridized carbons (Fsp3) is 0.545. The van der Waals surface area contributed by atoms with Gasteiger partial charge in [0.1, 0.15) is 11.5 Å². The normalized spacial score (nSPS) is 21.3. The molecule has 1 aromatic rings. The second kappa shape index (κ2) is 3.73. The molecule has 2 rings (SSSR count). The lowest BCUT2D eigenvalue weighted by molar-refractivity contribution is 0.0941. The smallest absolute Gasteiger partial charge is 0.271 e. The summed E-state index contributed by atoms with van der Waals surface area (Å²) in [6.07, 6.45) is 4.06. The highest BCUT2D eigenvalue weighted by molar-refractivity contribution is 5.92. The van der Waals surface area contributed by atoms with E-state index in [2.05, 4.69) is 34.4 Å². The van der Waals surface area contributed by atoms with Crippen LogP contribution in [0.3, 0.4) is 0 Å². The first-order valence-electron chi connectivity index (χ1n) is 5.33. The molecule has 1 aromatic heterocycles. The van der Waals surface area contributed by atoms with Crippen molar-refractivity contribution in [3.8, 4) is 0 Å². The van der Waals surface area contributed by atoms with Crippen molar-refractivity contribution in [1.82, 2.24) is 15.3 Å². The summed E-state index contributed by atoms with van der Waals surface area (Å²) in [5, 5.41) is 5.79. The lowest BCUT2D eigenvalue weighted by Crippen LogP contribution is -2.29. The highest BCUT2D eigenvalue weighted by Gasteiger charge is 2.46. The molecule has 5 nitrogen and oxygen atoms in total. The lowest BCUT2D eigenvalue weighted by atomic mass is 10.2.